The smallest absolute Gasteiger partial charge is 0.344 e. The van der Waals surface area contributed by atoms with E-state index >= 15 is 0 Å². The maximum Gasteiger partial charge on any atom is 0.344 e. The highest BCUT2D eigenvalue weighted by Gasteiger charge is 2.15. The number of carbonyl (C=O) groups is 1. The van der Waals surface area contributed by atoms with Gasteiger partial charge in [0.05, 0.1) is 12.0 Å². The summed E-state index contributed by atoms with van der Waals surface area (Å²) in [6, 6.07) is 21.6. The van der Waals surface area contributed by atoms with Gasteiger partial charge in [0.1, 0.15) is 16.9 Å². The van der Waals surface area contributed by atoms with Gasteiger partial charge in [-0.1, -0.05) is 41.9 Å². The molecule has 0 N–H and O–H groups in total. The van der Waals surface area contributed by atoms with Crippen LogP contribution in [0.2, 0.25) is 5.02 Å². The zero-order valence-corrected chi connectivity index (χ0v) is 17.8. The van der Waals surface area contributed by atoms with Gasteiger partial charge in [0.25, 0.3) is 0 Å². The fourth-order valence-electron chi connectivity index (χ4n) is 3.62. The lowest BCUT2D eigenvalue weighted by Crippen LogP contribution is -2.11. The summed E-state index contributed by atoms with van der Waals surface area (Å²) in [5.41, 5.74) is 0.782. The molecular formula is C26H15ClO6. The molecule has 0 atom stereocenters. The first-order valence-electron chi connectivity index (χ1n) is 10.0. The van der Waals surface area contributed by atoms with Crippen LogP contribution in [0, 0.1) is 0 Å². The average molecular weight is 459 g/mol. The third-order valence-corrected chi connectivity index (χ3v) is 5.39. The Hall–Kier alpha value is -4.16. The molecule has 0 aliphatic carbocycles. The normalized spacial score (nSPS) is 11.1. The van der Waals surface area contributed by atoms with Crippen molar-refractivity contribution < 1.29 is 18.4 Å². The lowest BCUT2D eigenvalue weighted by Gasteiger charge is -2.08. The molecule has 0 amide bonds. The van der Waals surface area contributed by atoms with Gasteiger partial charge in [0.2, 0.25) is 0 Å². The Kier molecular flexibility index (Phi) is 5.28. The molecule has 6 nitrogen and oxygen atoms in total. The molecule has 162 valence electrons. The lowest BCUT2D eigenvalue weighted by atomic mass is 10.0. The van der Waals surface area contributed by atoms with Crippen LogP contribution < -0.4 is 16.0 Å². The van der Waals surface area contributed by atoms with Crippen molar-refractivity contribution in [1.82, 2.24) is 0 Å². The first-order chi connectivity index (χ1) is 16.0. The third kappa shape index (κ3) is 4.29. The van der Waals surface area contributed by atoms with E-state index in [2.05, 4.69) is 0 Å². The zero-order chi connectivity index (χ0) is 22.9. The molecule has 0 unspecified atom stereocenters. The summed E-state index contributed by atoms with van der Waals surface area (Å²) >= 11 is 5.86. The van der Waals surface area contributed by atoms with E-state index in [0.717, 1.165) is 10.9 Å². The van der Waals surface area contributed by atoms with Gasteiger partial charge in [-0.25, -0.2) is 9.59 Å². The van der Waals surface area contributed by atoms with E-state index < -0.39 is 17.2 Å². The summed E-state index contributed by atoms with van der Waals surface area (Å²) in [4.78, 5) is 37.2. The molecule has 0 fully saturated rings. The van der Waals surface area contributed by atoms with Gasteiger partial charge in [-0.2, -0.15) is 0 Å². The van der Waals surface area contributed by atoms with Gasteiger partial charge < -0.3 is 13.6 Å². The average Bonchev–Trinajstić information content (AvgIpc) is 2.79. The van der Waals surface area contributed by atoms with Crippen LogP contribution in [-0.4, -0.2) is 5.97 Å². The number of carbonyl (C=O) groups excluding carboxylic acids is 1. The molecule has 2 aromatic heterocycles. The maximum absolute atomic E-state index is 12.6. The summed E-state index contributed by atoms with van der Waals surface area (Å²) in [5.74, 6) is -0.266. The van der Waals surface area contributed by atoms with Crippen molar-refractivity contribution in [2.24, 2.45) is 0 Å². The molecule has 2 heterocycles. The van der Waals surface area contributed by atoms with Crippen LogP contribution in [0.5, 0.6) is 5.75 Å². The number of para-hydroxylation sites is 1. The number of hydrogen-bond donors (Lipinski definition) is 0. The Morgan fingerprint density at radius 3 is 2.42 bits per heavy atom. The monoisotopic (exact) mass is 458 g/mol. The Morgan fingerprint density at radius 1 is 0.818 bits per heavy atom. The number of rotatable bonds is 4. The van der Waals surface area contributed by atoms with E-state index in [1.54, 1.807) is 54.6 Å². The van der Waals surface area contributed by atoms with Crippen molar-refractivity contribution in [2.75, 3.05) is 0 Å². The van der Waals surface area contributed by atoms with E-state index in [1.165, 1.54) is 12.1 Å². The molecule has 0 radical (unpaired) electrons. The predicted molar refractivity (Wildman–Crippen MR) is 125 cm³/mol. The molecular weight excluding hydrogens is 444 g/mol. The maximum atomic E-state index is 12.6. The number of benzene rings is 3. The van der Waals surface area contributed by atoms with Crippen molar-refractivity contribution in [3.05, 3.63) is 110 Å². The predicted octanol–water partition coefficient (Wildman–Crippen LogP) is 5.37. The fourth-order valence-corrected chi connectivity index (χ4v) is 3.74. The summed E-state index contributed by atoms with van der Waals surface area (Å²) in [6.07, 6.45) is 0.0529. The van der Waals surface area contributed by atoms with E-state index in [1.807, 2.05) is 12.1 Å². The van der Waals surface area contributed by atoms with Gasteiger partial charge in [-0.05, 0) is 42.0 Å². The van der Waals surface area contributed by atoms with Gasteiger partial charge in [0.15, 0.2) is 0 Å². The van der Waals surface area contributed by atoms with Crippen LogP contribution >= 0.6 is 11.6 Å². The van der Waals surface area contributed by atoms with Crippen molar-refractivity contribution in [1.29, 1.82) is 0 Å². The van der Waals surface area contributed by atoms with Crippen molar-refractivity contribution in [2.45, 2.75) is 6.42 Å². The van der Waals surface area contributed by atoms with Crippen LogP contribution in [0.1, 0.15) is 5.56 Å². The van der Waals surface area contributed by atoms with E-state index in [4.69, 9.17) is 25.2 Å². The standard InChI is InChI=1S/C26H15ClO6/c27-17-7-5-15(6-8-17)11-24(28)31-18-9-10-19-20(14-25(29)32-23(19)13-18)21-12-16-3-1-2-4-22(16)33-26(21)30/h1-10,12-14H,11H2. The largest absolute Gasteiger partial charge is 0.426 e. The highest BCUT2D eigenvalue weighted by molar-refractivity contribution is 6.30. The Bertz CT molecular complexity index is 1630. The molecule has 33 heavy (non-hydrogen) atoms. The summed E-state index contributed by atoms with van der Waals surface area (Å²) in [5, 5.41) is 1.81. The van der Waals surface area contributed by atoms with Gasteiger partial charge in [-0.3, -0.25) is 4.79 Å². The van der Waals surface area contributed by atoms with Crippen molar-refractivity contribution in [3.63, 3.8) is 0 Å². The van der Waals surface area contributed by atoms with Crippen LogP contribution in [-0.2, 0) is 11.2 Å². The molecule has 5 aromatic rings. The molecule has 0 aliphatic heterocycles. The van der Waals surface area contributed by atoms with Crippen molar-refractivity contribution in [3.8, 4) is 16.9 Å². The van der Waals surface area contributed by atoms with Crippen molar-refractivity contribution >= 4 is 39.5 Å². The molecule has 3 aromatic carbocycles. The summed E-state index contributed by atoms with van der Waals surface area (Å²) < 4.78 is 16.1. The van der Waals surface area contributed by atoms with Gasteiger partial charge in [0, 0.05) is 33.5 Å². The quantitative estimate of drug-likeness (QED) is 0.204. The van der Waals surface area contributed by atoms with Crippen LogP contribution in [0.4, 0.5) is 0 Å². The number of esters is 1. The minimum atomic E-state index is -0.644. The molecule has 7 heteroatoms. The second kappa shape index (κ2) is 8.41. The molecule has 0 bridgehead atoms. The van der Waals surface area contributed by atoms with Crippen LogP contribution in [0.15, 0.2) is 97.3 Å². The molecule has 0 saturated carbocycles. The first kappa shape index (κ1) is 20.7. The minimum Gasteiger partial charge on any atom is -0.426 e. The number of fused-ring (bicyclic) bond motifs is 2. The molecule has 0 aliphatic rings. The summed E-state index contributed by atoms with van der Waals surface area (Å²) in [6.45, 7) is 0. The number of halogens is 1. The molecule has 0 saturated heterocycles. The highest BCUT2D eigenvalue weighted by Crippen LogP contribution is 2.30. The zero-order valence-electron chi connectivity index (χ0n) is 17.0. The Labute approximate surface area is 191 Å². The SMILES string of the molecule is O=C(Cc1ccc(Cl)cc1)Oc1ccc2c(-c3cc4ccccc4oc3=O)cc(=O)oc2c1. The van der Waals surface area contributed by atoms with E-state index in [0.29, 0.717) is 21.6 Å². The van der Waals surface area contributed by atoms with E-state index in [-0.39, 0.29) is 23.3 Å². The molecule has 5 rings (SSSR count). The topological polar surface area (TPSA) is 86.7 Å². The third-order valence-electron chi connectivity index (χ3n) is 5.14. The molecule has 0 spiro atoms. The number of hydrogen-bond acceptors (Lipinski definition) is 6. The Morgan fingerprint density at radius 2 is 1.61 bits per heavy atom. The Balaban J connectivity index is 1.51. The second-order valence-corrected chi connectivity index (χ2v) is 7.84. The lowest BCUT2D eigenvalue weighted by molar-refractivity contribution is -0.133. The van der Waals surface area contributed by atoms with E-state index in [9.17, 15) is 14.4 Å². The van der Waals surface area contributed by atoms with Gasteiger partial charge >= 0.3 is 17.2 Å². The van der Waals surface area contributed by atoms with Crippen LogP contribution in [0.25, 0.3) is 33.1 Å². The number of ether oxygens (including phenoxy) is 1. The minimum absolute atomic E-state index is 0.0529. The van der Waals surface area contributed by atoms with Gasteiger partial charge in [-0.15, -0.1) is 0 Å². The summed E-state index contributed by atoms with van der Waals surface area (Å²) in [7, 11) is 0. The van der Waals surface area contributed by atoms with Crippen LogP contribution in [0.3, 0.4) is 0 Å². The second-order valence-electron chi connectivity index (χ2n) is 7.40. The first-order valence-corrected chi connectivity index (χ1v) is 10.4. The fraction of sp³-hybridized carbons (Fsp3) is 0.0385. The highest BCUT2D eigenvalue weighted by atomic mass is 35.5.